The van der Waals surface area contributed by atoms with Crippen molar-refractivity contribution in [3.63, 3.8) is 0 Å². The summed E-state index contributed by atoms with van der Waals surface area (Å²) in [5.41, 5.74) is 0.328. The van der Waals surface area contributed by atoms with Gasteiger partial charge in [0, 0.05) is 30.6 Å². The fraction of sp³-hybridized carbons (Fsp3) is 0.450. The topological polar surface area (TPSA) is 103 Å². The lowest BCUT2D eigenvalue weighted by Gasteiger charge is -2.19. The molecule has 0 radical (unpaired) electrons. The molecule has 2 atom stereocenters. The number of carbonyl (C=O) groups is 3. The fourth-order valence-electron chi connectivity index (χ4n) is 2.98. The van der Waals surface area contributed by atoms with Gasteiger partial charge < -0.3 is 24.8 Å². The SMILES string of the molecule is CCOC(=O)/C=C/[C@H](C[C@@H]1CCNC1=O)NC(=O)c1ccc(OC)cc1OC. The molecule has 1 fully saturated rings. The molecule has 1 heterocycles. The molecular formula is C20H26N2O6. The van der Waals surface area contributed by atoms with Gasteiger partial charge in [0.15, 0.2) is 0 Å². The van der Waals surface area contributed by atoms with Crippen LogP contribution in [0.4, 0.5) is 0 Å². The Balaban J connectivity index is 2.16. The summed E-state index contributed by atoms with van der Waals surface area (Å²) in [6.45, 7) is 2.58. The third kappa shape index (κ3) is 5.73. The third-order valence-corrected chi connectivity index (χ3v) is 4.42. The Morgan fingerprint density at radius 2 is 2.11 bits per heavy atom. The Labute approximate surface area is 164 Å². The Morgan fingerprint density at radius 3 is 2.71 bits per heavy atom. The van der Waals surface area contributed by atoms with Crippen LogP contribution in [0.3, 0.4) is 0 Å². The maximum absolute atomic E-state index is 12.8. The summed E-state index contributed by atoms with van der Waals surface area (Å²) in [6, 6.07) is 4.35. The zero-order valence-electron chi connectivity index (χ0n) is 16.3. The van der Waals surface area contributed by atoms with E-state index in [1.165, 1.54) is 20.3 Å². The number of rotatable bonds is 9. The van der Waals surface area contributed by atoms with Crippen molar-refractivity contribution in [1.82, 2.24) is 10.6 Å². The highest BCUT2D eigenvalue weighted by molar-refractivity contribution is 5.97. The molecule has 2 N–H and O–H groups in total. The number of esters is 1. The summed E-state index contributed by atoms with van der Waals surface area (Å²) in [5.74, 6) is -0.227. The summed E-state index contributed by atoms with van der Waals surface area (Å²) >= 11 is 0. The lowest BCUT2D eigenvalue weighted by molar-refractivity contribution is -0.137. The Bertz CT molecular complexity index is 746. The smallest absolute Gasteiger partial charge is 0.330 e. The van der Waals surface area contributed by atoms with Crippen molar-refractivity contribution in [1.29, 1.82) is 0 Å². The van der Waals surface area contributed by atoms with E-state index in [1.807, 2.05) is 0 Å². The van der Waals surface area contributed by atoms with Gasteiger partial charge in [-0.2, -0.15) is 0 Å². The minimum Gasteiger partial charge on any atom is -0.497 e. The van der Waals surface area contributed by atoms with E-state index in [1.54, 1.807) is 31.2 Å². The molecule has 2 amide bonds. The molecule has 0 unspecified atom stereocenters. The van der Waals surface area contributed by atoms with Gasteiger partial charge in [0.05, 0.1) is 26.4 Å². The highest BCUT2D eigenvalue weighted by Crippen LogP contribution is 2.25. The van der Waals surface area contributed by atoms with Crippen molar-refractivity contribution in [3.8, 4) is 11.5 Å². The minimum atomic E-state index is -0.516. The van der Waals surface area contributed by atoms with Crippen LogP contribution in [0, 0.1) is 5.92 Å². The van der Waals surface area contributed by atoms with E-state index >= 15 is 0 Å². The lowest BCUT2D eigenvalue weighted by Crippen LogP contribution is -2.36. The van der Waals surface area contributed by atoms with Crippen molar-refractivity contribution in [2.24, 2.45) is 5.92 Å². The van der Waals surface area contributed by atoms with Crippen molar-refractivity contribution in [2.75, 3.05) is 27.4 Å². The Morgan fingerprint density at radius 1 is 1.32 bits per heavy atom. The van der Waals surface area contributed by atoms with Crippen molar-refractivity contribution in [2.45, 2.75) is 25.8 Å². The molecule has 0 saturated carbocycles. The minimum absolute atomic E-state index is 0.0502. The van der Waals surface area contributed by atoms with Crippen LogP contribution in [0.15, 0.2) is 30.4 Å². The number of nitrogens with one attached hydrogen (secondary N) is 2. The highest BCUT2D eigenvalue weighted by Gasteiger charge is 2.27. The van der Waals surface area contributed by atoms with Crippen LogP contribution in [0.5, 0.6) is 11.5 Å². The van der Waals surface area contributed by atoms with Crippen molar-refractivity contribution < 1.29 is 28.6 Å². The van der Waals surface area contributed by atoms with Gasteiger partial charge in [-0.15, -0.1) is 0 Å². The molecule has 0 bridgehead atoms. The Kier molecular flexibility index (Phi) is 7.86. The van der Waals surface area contributed by atoms with Crippen LogP contribution < -0.4 is 20.1 Å². The van der Waals surface area contributed by atoms with Gasteiger partial charge in [-0.25, -0.2) is 4.79 Å². The zero-order valence-corrected chi connectivity index (χ0v) is 16.3. The second-order valence-corrected chi connectivity index (χ2v) is 6.27. The average Bonchev–Trinajstić information content (AvgIpc) is 3.10. The van der Waals surface area contributed by atoms with Gasteiger partial charge in [-0.1, -0.05) is 6.08 Å². The molecule has 152 valence electrons. The van der Waals surface area contributed by atoms with E-state index in [-0.39, 0.29) is 24.3 Å². The molecule has 1 saturated heterocycles. The predicted molar refractivity (Wildman–Crippen MR) is 102 cm³/mol. The number of amides is 2. The molecule has 8 heteroatoms. The van der Waals surface area contributed by atoms with Crippen molar-refractivity contribution in [3.05, 3.63) is 35.9 Å². The van der Waals surface area contributed by atoms with E-state index in [4.69, 9.17) is 14.2 Å². The first-order valence-electron chi connectivity index (χ1n) is 9.14. The second kappa shape index (κ2) is 10.3. The molecule has 0 spiro atoms. The maximum atomic E-state index is 12.8. The van der Waals surface area contributed by atoms with Crippen LogP contribution in [0.1, 0.15) is 30.1 Å². The van der Waals surface area contributed by atoms with Gasteiger partial charge >= 0.3 is 5.97 Å². The summed E-state index contributed by atoms with van der Waals surface area (Å²) in [6.07, 6.45) is 3.89. The molecule has 0 aromatic heterocycles. The molecule has 1 aromatic carbocycles. The molecule has 0 aliphatic carbocycles. The fourth-order valence-corrected chi connectivity index (χ4v) is 2.98. The van der Waals surface area contributed by atoms with E-state index in [0.29, 0.717) is 36.4 Å². The van der Waals surface area contributed by atoms with Gasteiger partial charge in [-0.3, -0.25) is 9.59 Å². The van der Waals surface area contributed by atoms with E-state index in [9.17, 15) is 14.4 Å². The number of methoxy groups -OCH3 is 2. The summed E-state index contributed by atoms with van der Waals surface area (Å²) in [7, 11) is 2.99. The van der Waals surface area contributed by atoms with Gasteiger partial charge in [0.1, 0.15) is 11.5 Å². The molecule has 1 aliphatic heterocycles. The van der Waals surface area contributed by atoms with E-state index < -0.39 is 12.0 Å². The average molecular weight is 390 g/mol. The first kappa shape index (κ1) is 21.3. The van der Waals surface area contributed by atoms with Gasteiger partial charge in [-0.05, 0) is 31.9 Å². The Hall–Kier alpha value is -3.03. The number of hydrogen-bond acceptors (Lipinski definition) is 6. The van der Waals surface area contributed by atoms with Crippen LogP contribution in [-0.4, -0.2) is 51.2 Å². The van der Waals surface area contributed by atoms with Crippen LogP contribution >= 0.6 is 0 Å². The monoisotopic (exact) mass is 390 g/mol. The van der Waals surface area contributed by atoms with Gasteiger partial charge in [0.25, 0.3) is 5.91 Å². The zero-order chi connectivity index (χ0) is 20.5. The predicted octanol–water partition coefficient (Wildman–Crippen LogP) is 1.45. The van der Waals surface area contributed by atoms with Gasteiger partial charge in [0.2, 0.25) is 5.91 Å². The number of benzene rings is 1. The molecule has 1 aliphatic rings. The summed E-state index contributed by atoms with van der Waals surface area (Å²) in [5, 5.41) is 5.63. The van der Waals surface area contributed by atoms with Crippen LogP contribution in [0.25, 0.3) is 0 Å². The molecule has 1 aromatic rings. The first-order valence-corrected chi connectivity index (χ1v) is 9.14. The third-order valence-electron chi connectivity index (χ3n) is 4.42. The lowest BCUT2D eigenvalue weighted by atomic mass is 9.97. The van der Waals surface area contributed by atoms with E-state index in [2.05, 4.69) is 10.6 Å². The molecule has 28 heavy (non-hydrogen) atoms. The largest absolute Gasteiger partial charge is 0.497 e. The number of hydrogen-bond donors (Lipinski definition) is 2. The van der Waals surface area contributed by atoms with Crippen LogP contribution in [-0.2, 0) is 14.3 Å². The summed E-state index contributed by atoms with van der Waals surface area (Å²) < 4.78 is 15.3. The van der Waals surface area contributed by atoms with E-state index in [0.717, 1.165) is 0 Å². The number of carbonyl (C=O) groups excluding carboxylic acids is 3. The van der Waals surface area contributed by atoms with Crippen LogP contribution in [0.2, 0.25) is 0 Å². The number of ether oxygens (including phenoxy) is 3. The normalized spacial score (nSPS) is 17.1. The molecule has 2 rings (SSSR count). The highest BCUT2D eigenvalue weighted by atomic mass is 16.5. The summed E-state index contributed by atoms with van der Waals surface area (Å²) in [4.78, 5) is 36.3. The maximum Gasteiger partial charge on any atom is 0.330 e. The standard InChI is InChI=1S/C20H26N2O6/c1-4-28-18(23)8-5-14(11-13-9-10-21-19(13)24)22-20(25)16-7-6-15(26-2)12-17(16)27-3/h5-8,12-14H,4,9-11H2,1-3H3,(H,21,24)(H,22,25)/b8-5+/t13-,14+/m0/s1. The van der Waals surface area contributed by atoms with Crippen molar-refractivity contribution >= 4 is 17.8 Å². The molecule has 8 nitrogen and oxygen atoms in total. The first-order chi connectivity index (χ1) is 13.5. The second-order valence-electron chi connectivity index (χ2n) is 6.27. The quantitative estimate of drug-likeness (QED) is 0.489. The molecular weight excluding hydrogens is 364 g/mol.